The van der Waals surface area contributed by atoms with Crippen LogP contribution >= 0.6 is 23.7 Å². The zero-order valence-electron chi connectivity index (χ0n) is 18.4. The van der Waals surface area contributed by atoms with Crippen molar-refractivity contribution in [3.8, 4) is 5.75 Å². The number of hydrogen-bond acceptors (Lipinski definition) is 6. The lowest BCUT2D eigenvalue weighted by atomic mass is 10.2. The molecule has 1 aliphatic heterocycles. The number of hydrogen-bond donors (Lipinski definition) is 0. The molecule has 0 aliphatic carbocycles. The van der Waals surface area contributed by atoms with Crippen molar-refractivity contribution in [2.75, 3.05) is 50.9 Å². The maximum Gasteiger partial charge on any atom is 0.232 e. The van der Waals surface area contributed by atoms with Crippen LogP contribution in [0.15, 0.2) is 48.5 Å². The molecule has 1 aromatic heterocycles. The topological polar surface area (TPSA) is 54.9 Å². The molecule has 0 atom stereocenters. The molecule has 0 radical (unpaired) electrons. The number of carbonyl (C=O) groups excluding carboxylic acids is 1. The number of para-hydroxylation sites is 1. The molecule has 172 valence electrons. The highest BCUT2D eigenvalue weighted by molar-refractivity contribution is 7.22. The highest BCUT2D eigenvalue weighted by Gasteiger charge is 2.21. The first-order valence-electron chi connectivity index (χ1n) is 10.9. The predicted molar refractivity (Wildman–Crippen MR) is 132 cm³/mol. The van der Waals surface area contributed by atoms with E-state index in [9.17, 15) is 4.79 Å². The summed E-state index contributed by atoms with van der Waals surface area (Å²) in [7, 11) is 0. The SMILES string of the molecule is CCc1ccc2nc(N(CCN3CCOCC3)C(=O)CCOc3ccccc3)sc2c1.Cl. The van der Waals surface area contributed by atoms with Crippen molar-refractivity contribution < 1.29 is 14.3 Å². The number of morpholine rings is 1. The molecule has 1 fully saturated rings. The van der Waals surface area contributed by atoms with E-state index in [0.29, 0.717) is 19.6 Å². The van der Waals surface area contributed by atoms with Crippen LogP contribution in [0.3, 0.4) is 0 Å². The highest BCUT2D eigenvalue weighted by Crippen LogP contribution is 2.30. The summed E-state index contributed by atoms with van der Waals surface area (Å²) in [6.07, 6.45) is 1.30. The Morgan fingerprint density at radius 1 is 1.19 bits per heavy atom. The number of aryl methyl sites for hydroxylation is 1. The number of anilines is 1. The summed E-state index contributed by atoms with van der Waals surface area (Å²) in [4.78, 5) is 22.1. The van der Waals surface area contributed by atoms with Gasteiger partial charge in [0.1, 0.15) is 5.75 Å². The van der Waals surface area contributed by atoms with E-state index in [4.69, 9.17) is 14.5 Å². The summed E-state index contributed by atoms with van der Waals surface area (Å²) in [5, 5.41) is 0.765. The molecule has 6 nitrogen and oxygen atoms in total. The Kier molecular flexibility index (Phi) is 9.29. The smallest absolute Gasteiger partial charge is 0.232 e. The number of amides is 1. The fourth-order valence-electron chi connectivity index (χ4n) is 3.59. The van der Waals surface area contributed by atoms with Gasteiger partial charge in [0.15, 0.2) is 5.13 Å². The molecule has 0 spiro atoms. The Labute approximate surface area is 199 Å². The normalized spacial score (nSPS) is 14.2. The number of nitrogens with zero attached hydrogens (tertiary/aromatic N) is 3. The van der Waals surface area contributed by atoms with Crippen LogP contribution in [-0.4, -0.2) is 61.8 Å². The third kappa shape index (κ3) is 6.42. The molecular formula is C24H30ClN3O3S. The molecule has 32 heavy (non-hydrogen) atoms. The number of thiazole rings is 1. The van der Waals surface area contributed by atoms with Gasteiger partial charge in [-0.15, -0.1) is 12.4 Å². The van der Waals surface area contributed by atoms with Crippen LogP contribution in [0.2, 0.25) is 0 Å². The minimum Gasteiger partial charge on any atom is -0.493 e. The first kappa shape index (κ1) is 24.5. The summed E-state index contributed by atoms with van der Waals surface area (Å²) in [6.45, 7) is 7.22. The third-order valence-corrected chi connectivity index (χ3v) is 6.49. The van der Waals surface area contributed by atoms with Gasteiger partial charge in [-0.1, -0.05) is 42.5 Å². The quantitative estimate of drug-likeness (QED) is 0.458. The van der Waals surface area contributed by atoms with Crippen LogP contribution in [0.25, 0.3) is 10.2 Å². The summed E-state index contributed by atoms with van der Waals surface area (Å²) in [5.41, 5.74) is 2.23. The van der Waals surface area contributed by atoms with Gasteiger partial charge in [-0.05, 0) is 36.2 Å². The van der Waals surface area contributed by atoms with Gasteiger partial charge in [-0.3, -0.25) is 14.6 Å². The van der Waals surface area contributed by atoms with Crippen molar-refractivity contribution in [2.45, 2.75) is 19.8 Å². The molecule has 3 aromatic rings. The lowest BCUT2D eigenvalue weighted by molar-refractivity contribution is -0.119. The number of halogens is 1. The molecule has 0 bridgehead atoms. The van der Waals surface area contributed by atoms with Gasteiger partial charge in [-0.2, -0.15) is 0 Å². The van der Waals surface area contributed by atoms with E-state index in [1.54, 1.807) is 11.3 Å². The first-order chi connectivity index (χ1) is 15.2. The van der Waals surface area contributed by atoms with Crippen molar-refractivity contribution in [1.29, 1.82) is 0 Å². The van der Waals surface area contributed by atoms with Crippen LogP contribution in [0.5, 0.6) is 5.75 Å². The molecule has 1 aliphatic rings. The number of fused-ring (bicyclic) bond motifs is 1. The number of ether oxygens (including phenoxy) is 2. The van der Waals surface area contributed by atoms with E-state index >= 15 is 0 Å². The average Bonchev–Trinajstić information content (AvgIpc) is 3.23. The molecule has 2 heterocycles. The lowest BCUT2D eigenvalue weighted by Gasteiger charge is -2.29. The second kappa shape index (κ2) is 12.2. The van der Waals surface area contributed by atoms with Gasteiger partial charge in [0.25, 0.3) is 0 Å². The van der Waals surface area contributed by atoms with E-state index in [1.165, 1.54) is 5.56 Å². The average molecular weight is 476 g/mol. The van der Waals surface area contributed by atoms with Crippen LogP contribution < -0.4 is 9.64 Å². The fraction of sp³-hybridized carbons (Fsp3) is 0.417. The Balaban J connectivity index is 0.00000289. The summed E-state index contributed by atoms with van der Waals surface area (Å²) in [6, 6.07) is 16.0. The summed E-state index contributed by atoms with van der Waals surface area (Å²) in [5.74, 6) is 0.821. The summed E-state index contributed by atoms with van der Waals surface area (Å²) >= 11 is 1.59. The van der Waals surface area contributed by atoms with Gasteiger partial charge < -0.3 is 9.47 Å². The molecule has 0 unspecified atom stereocenters. The first-order valence-corrected chi connectivity index (χ1v) is 11.7. The summed E-state index contributed by atoms with van der Waals surface area (Å²) < 4.78 is 12.3. The molecule has 0 N–H and O–H groups in total. The third-order valence-electron chi connectivity index (χ3n) is 5.45. The number of aromatic nitrogens is 1. The monoisotopic (exact) mass is 475 g/mol. The zero-order chi connectivity index (χ0) is 21.5. The number of rotatable bonds is 9. The fourth-order valence-corrected chi connectivity index (χ4v) is 4.67. The van der Waals surface area contributed by atoms with Gasteiger partial charge in [0.2, 0.25) is 5.91 Å². The van der Waals surface area contributed by atoms with Gasteiger partial charge in [0, 0.05) is 26.2 Å². The van der Waals surface area contributed by atoms with Crippen molar-refractivity contribution >= 4 is 45.0 Å². The second-order valence-corrected chi connectivity index (χ2v) is 8.57. The van der Waals surface area contributed by atoms with Crippen LogP contribution in [0, 0.1) is 0 Å². The number of carbonyl (C=O) groups is 1. The highest BCUT2D eigenvalue weighted by atomic mass is 35.5. The van der Waals surface area contributed by atoms with Gasteiger partial charge in [-0.25, -0.2) is 4.98 Å². The maximum absolute atomic E-state index is 13.2. The molecule has 8 heteroatoms. The van der Waals surface area contributed by atoms with Crippen molar-refractivity contribution in [3.63, 3.8) is 0 Å². The second-order valence-electron chi connectivity index (χ2n) is 7.56. The van der Waals surface area contributed by atoms with Crippen LogP contribution in [-0.2, 0) is 16.0 Å². The van der Waals surface area contributed by atoms with E-state index < -0.39 is 0 Å². The molecule has 2 aromatic carbocycles. The largest absolute Gasteiger partial charge is 0.493 e. The molecule has 4 rings (SSSR count). The van der Waals surface area contributed by atoms with Gasteiger partial charge in [0.05, 0.1) is 36.5 Å². The van der Waals surface area contributed by atoms with Crippen LogP contribution in [0.1, 0.15) is 18.9 Å². The standard InChI is InChI=1S/C24H29N3O3S.ClH/c1-2-19-8-9-21-22(18-19)31-24(25-21)27(12-11-26-13-16-29-17-14-26)23(28)10-15-30-20-6-4-3-5-7-20;/h3-9,18H,2,10-17H2,1H3;1H. The van der Waals surface area contributed by atoms with E-state index in [0.717, 1.165) is 60.4 Å². The minimum atomic E-state index is 0. The predicted octanol–water partition coefficient (Wildman–Crippen LogP) is 4.41. The van der Waals surface area contributed by atoms with Gasteiger partial charge >= 0.3 is 0 Å². The Bertz CT molecular complexity index is 993. The van der Waals surface area contributed by atoms with E-state index in [2.05, 4.69) is 30.0 Å². The van der Waals surface area contributed by atoms with Crippen molar-refractivity contribution in [1.82, 2.24) is 9.88 Å². The lowest BCUT2D eigenvalue weighted by Crippen LogP contribution is -2.43. The Morgan fingerprint density at radius 3 is 2.72 bits per heavy atom. The van der Waals surface area contributed by atoms with E-state index in [-0.39, 0.29) is 18.3 Å². The van der Waals surface area contributed by atoms with Crippen LogP contribution in [0.4, 0.5) is 5.13 Å². The minimum absolute atomic E-state index is 0. The van der Waals surface area contributed by atoms with Crippen molar-refractivity contribution in [2.24, 2.45) is 0 Å². The Hall–Kier alpha value is -2.19. The Morgan fingerprint density at radius 2 is 1.97 bits per heavy atom. The van der Waals surface area contributed by atoms with E-state index in [1.807, 2.05) is 35.2 Å². The number of benzene rings is 2. The molecule has 1 saturated heterocycles. The molecule has 1 amide bonds. The molecule has 0 saturated carbocycles. The zero-order valence-corrected chi connectivity index (χ0v) is 20.0. The molecular weight excluding hydrogens is 446 g/mol. The maximum atomic E-state index is 13.2. The van der Waals surface area contributed by atoms with Crippen molar-refractivity contribution in [3.05, 3.63) is 54.1 Å².